The Bertz CT molecular complexity index is 931. The van der Waals surface area contributed by atoms with Gasteiger partial charge < -0.3 is 24.6 Å². The maximum absolute atomic E-state index is 12.5. The fourth-order valence-corrected chi connectivity index (χ4v) is 3.94. The Kier molecular flexibility index (Phi) is 6.82. The van der Waals surface area contributed by atoms with Crippen LogP contribution in [0.2, 0.25) is 5.02 Å². The number of amides is 2. The summed E-state index contributed by atoms with van der Waals surface area (Å²) in [6, 6.07) is 15.1. The molecule has 1 fully saturated rings. The molecule has 164 valence electrons. The lowest BCUT2D eigenvalue weighted by Gasteiger charge is -2.36. The van der Waals surface area contributed by atoms with Gasteiger partial charge in [-0.2, -0.15) is 0 Å². The molecule has 2 heterocycles. The van der Waals surface area contributed by atoms with E-state index in [1.54, 1.807) is 6.07 Å². The molecule has 2 aromatic carbocycles. The predicted molar refractivity (Wildman–Crippen MR) is 119 cm³/mol. The number of carbonyl (C=O) groups is 2. The summed E-state index contributed by atoms with van der Waals surface area (Å²) >= 11 is 6.07. The Labute approximate surface area is 186 Å². The lowest BCUT2D eigenvalue weighted by molar-refractivity contribution is -0.132. The van der Waals surface area contributed by atoms with E-state index in [1.165, 1.54) is 0 Å². The van der Waals surface area contributed by atoms with Gasteiger partial charge in [-0.05, 0) is 36.8 Å². The average molecular weight is 444 g/mol. The first kappa shape index (κ1) is 21.3. The van der Waals surface area contributed by atoms with Crippen LogP contribution in [0.1, 0.15) is 12.8 Å². The molecule has 0 bridgehead atoms. The zero-order valence-corrected chi connectivity index (χ0v) is 18.0. The molecule has 2 aliphatic heterocycles. The highest BCUT2D eigenvalue weighted by Gasteiger charge is 2.27. The topological polar surface area (TPSA) is 71.1 Å². The van der Waals surface area contributed by atoms with Crippen LogP contribution in [0, 0.1) is 0 Å². The van der Waals surface area contributed by atoms with Gasteiger partial charge in [-0.1, -0.05) is 29.8 Å². The predicted octanol–water partition coefficient (Wildman–Crippen LogP) is 2.73. The SMILES string of the molecule is O=C(NCCCC(=O)N1CCN(c2cccc(Cl)c2)CC1)C1COc2ccccc2O1. The molecule has 0 radical (unpaired) electrons. The molecule has 7 nitrogen and oxygen atoms in total. The Hall–Kier alpha value is -2.93. The summed E-state index contributed by atoms with van der Waals surface area (Å²) in [7, 11) is 0. The van der Waals surface area contributed by atoms with Crippen LogP contribution in [-0.4, -0.2) is 62.1 Å². The quantitative estimate of drug-likeness (QED) is 0.695. The number of fused-ring (bicyclic) bond motifs is 1. The van der Waals surface area contributed by atoms with E-state index < -0.39 is 6.10 Å². The molecule has 1 saturated heterocycles. The van der Waals surface area contributed by atoms with Gasteiger partial charge in [0.05, 0.1) is 0 Å². The Morgan fingerprint density at radius 3 is 2.58 bits per heavy atom. The van der Waals surface area contributed by atoms with Crippen molar-refractivity contribution in [1.82, 2.24) is 10.2 Å². The summed E-state index contributed by atoms with van der Waals surface area (Å²) in [6.07, 6.45) is 0.316. The Morgan fingerprint density at radius 2 is 1.81 bits per heavy atom. The number of hydrogen-bond acceptors (Lipinski definition) is 5. The van der Waals surface area contributed by atoms with Crippen LogP contribution in [0.15, 0.2) is 48.5 Å². The zero-order chi connectivity index (χ0) is 21.6. The molecule has 2 aliphatic rings. The number of halogens is 1. The van der Waals surface area contributed by atoms with Crippen LogP contribution in [-0.2, 0) is 9.59 Å². The third-order valence-corrected chi connectivity index (χ3v) is 5.71. The molecule has 31 heavy (non-hydrogen) atoms. The van der Waals surface area contributed by atoms with Crippen molar-refractivity contribution in [3.8, 4) is 11.5 Å². The van der Waals surface area contributed by atoms with E-state index in [9.17, 15) is 9.59 Å². The van der Waals surface area contributed by atoms with E-state index in [1.807, 2.05) is 47.4 Å². The van der Waals surface area contributed by atoms with Crippen LogP contribution >= 0.6 is 11.6 Å². The van der Waals surface area contributed by atoms with Crippen LogP contribution < -0.4 is 19.7 Å². The molecule has 0 aliphatic carbocycles. The van der Waals surface area contributed by atoms with Gasteiger partial charge in [-0.3, -0.25) is 9.59 Å². The van der Waals surface area contributed by atoms with Gasteiger partial charge in [-0.25, -0.2) is 0 Å². The lowest BCUT2D eigenvalue weighted by Crippen LogP contribution is -2.49. The van der Waals surface area contributed by atoms with Gasteiger partial charge in [-0.15, -0.1) is 0 Å². The molecule has 1 unspecified atom stereocenters. The van der Waals surface area contributed by atoms with Crippen LogP contribution in [0.5, 0.6) is 11.5 Å². The second-order valence-corrected chi connectivity index (χ2v) is 8.04. The van der Waals surface area contributed by atoms with Crippen molar-refractivity contribution < 1.29 is 19.1 Å². The lowest BCUT2D eigenvalue weighted by atomic mass is 10.2. The number of piperazine rings is 1. The number of rotatable bonds is 6. The highest BCUT2D eigenvalue weighted by molar-refractivity contribution is 6.30. The van der Waals surface area contributed by atoms with E-state index in [4.69, 9.17) is 21.1 Å². The van der Waals surface area contributed by atoms with Gasteiger partial charge >= 0.3 is 0 Å². The second-order valence-electron chi connectivity index (χ2n) is 7.61. The van der Waals surface area contributed by atoms with Crippen molar-refractivity contribution in [3.63, 3.8) is 0 Å². The molecule has 0 spiro atoms. The summed E-state index contributed by atoms with van der Waals surface area (Å²) in [6.45, 7) is 3.54. The molecule has 1 atom stereocenters. The molecular formula is C23H26ClN3O4. The minimum atomic E-state index is -0.676. The van der Waals surface area contributed by atoms with Gasteiger partial charge in [0, 0.05) is 49.9 Å². The number of nitrogens with one attached hydrogen (secondary N) is 1. The molecule has 2 amide bonds. The van der Waals surface area contributed by atoms with Gasteiger partial charge in [0.15, 0.2) is 11.5 Å². The van der Waals surface area contributed by atoms with Crippen molar-refractivity contribution in [2.45, 2.75) is 18.9 Å². The summed E-state index contributed by atoms with van der Waals surface area (Å²) in [5, 5.41) is 3.56. The van der Waals surface area contributed by atoms with Gasteiger partial charge in [0.2, 0.25) is 12.0 Å². The van der Waals surface area contributed by atoms with Crippen molar-refractivity contribution in [2.24, 2.45) is 0 Å². The standard InChI is InChI=1S/C23H26ClN3O4/c24-17-5-3-6-18(15-17)26-11-13-27(14-12-26)22(28)9-4-10-25-23(29)21-16-30-19-7-1-2-8-20(19)31-21/h1-3,5-8,15,21H,4,9-14,16H2,(H,25,29). The molecular weight excluding hydrogens is 418 g/mol. The highest BCUT2D eigenvalue weighted by atomic mass is 35.5. The molecule has 2 aromatic rings. The third kappa shape index (κ3) is 5.41. The summed E-state index contributed by atoms with van der Waals surface area (Å²) in [5.74, 6) is 1.11. The first-order valence-electron chi connectivity index (χ1n) is 10.5. The van der Waals surface area contributed by atoms with E-state index in [0.29, 0.717) is 49.0 Å². The molecule has 1 N–H and O–H groups in total. The van der Waals surface area contributed by atoms with Crippen molar-refractivity contribution in [2.75, 3.05) is 44.2 Å². The van der Waals surface area contributed by atoms with Gasteiger partial charge in [0.25, 0.3) is 5.91 Å². The Balaban J connectivity index is 1.15. The van der Waals surface area contributed by atoms with Crippen LogP contribution in [0.4, 0.5) is 5.69 Å². The van der Waals surface area contributed by atoms with E-state index >= 15 is 0 Å². The highest BCUT2D eigenvalue weighted by Crippen LogP contribution is 2.30. The minimum Gasteiger partial charge on any atom is -0.485 e. The van der Waals surface area contributed by atoms with E-state index in [2.05, 4.69) is 10.2 Å². The number of carbonyl (C=O) groups excluding carboxylic acids is 2. The fourth-order valence-electron chi connectivity index (χ4n) is 3.76. The third-order valence-electron chi connectivity index (χ3n) is 5.47. The number of ether oxygens (including phenoxy) is 2. The van der Waals surface area contributed by atoms with Crippen LogP contribution in [0.3, 0.4) is 0 Å². The van der Waals surface area contributed by atoms with E-state index in [0.717, 1.165) is 18.8 Å². The monoisotopic (exact) mass is 443 g/mol. The maximum atomic E-state index is 12.5. The minimum absolute atomic E-state index is 0.117. The zero-order valence-electron chi connectivity index (χ0n) is 17.3. The summed E-state index contributed by atoms with van der Waals surface area (Å²) in [4.78, 5) is 29.0. The average Bonchev–Trinajstić information content (AvgIpc) is 2.81. The maximum Gasteiger partial charge on any atom is 0.264 e. The fraction of sp³-hybridized carbons (Fsp3) is 0.391. The smallest absolute Gasteiger partial charge is 0.264 e. The number of hydrogen-bond donors (Lipinski definition) is 1. The Morgan fingerprint density at radius 1 is 1.03 bits per heavy atom. The molecule has 0 saturated carbocycles. The number of para-hydroxylation sites is 2. The molecule has 8 heteroatoms. The van der Waals surface area contributed by atoms with E-state index in [-0.39, 0.29) is 18.4 Å². The van der Waals surface area contributed by atoms with Crippen LogP contribution in [0.25, 0.3) is 0 Å². The summed E-state index contributed by atoms with van der Waals surface area (Å²) < 4.78 is 11.3. The number of anilines is 1. The van der Waals surface area contributed by atoms with Crippen molar-refractivity contribution in [3.05, 3.63) is 53.6 Å². The van der Waals surface area contributed by atoms with Gasteiger partial charge in [0.1, 0.15) is 6.61 Å². The largest absolute Gasteiger partial charge is 0.485 e. The second kappa shape index (κ2) is 9.92. The van der Waals surface area contributed by atoms with Crippen molar-refractivity contribution >= 4 is 29.1 Å². The van der Waals surface area contributed by atoms with Crippen molar-refractivity contribution in [1.29, 1.82) is 0 Å². The normalized spacial score (nSPS) is 17.9. The molecule has 4 rings (SSSR count). The summed E-state index contributed by atoms with van der Waals surface area (Å²) in [5.41, 5.74) is 1.08. The first-order valence-corrected chi connectivity index (χ1v) is 10.9. The molecule has 0 aromatic heterocycles. The number of nitrogens with zero attached hydrogens (tertiary/aromatic N) is 2. The first-order chi connectivity index (χ1) is 15.1. The number of benzene rings is 2.